The number of carbonyl (C=O) groups is 1. The van der Waals surface area contributed by atoms with E-state index in [9.17, 15) is 9.90 Å². The molecular formula is C16H24N2O3. The molecule has 1 heterocycles. The Balaban J connectivity index is 2.15. The number of rotatable bonds is 5. The van der Waals surface area contributed by atoms with Crippen molar-refractivity contribution in [2.75, 3.05) is 32.1 Å². The van der Waals surface area contributed by atoms with E-state index in [-0.39, 0.29) is 11.9 Å². The van der Waals surface area contributed by atoms with E-state index in [4.69, 9.17) is 4.74 Å². The fourth-order valence-corrected chi connectivity index (χ4v) is 2.89. The van der Waals surface area contributed by atoms with Gasteiger partial charge in [-0.05, 0) is 39.4 Å². The standard InChI is InChI=1S/C16H24N2O3/c1-16(2,20)11-17(3)13-9-10-18(15(13)19)12-7-5-6-8-14(12)21-4/h5-8,13,20H,9-11H2,1-4H3. The normalized spacial score (nSPS) is 19.4. The monoisotopic (exact) mass is 292 g/mol. The second-order valence-corrected chi connectivity index (χ2v) is 6.19. The number of hydrogen-bond acceptors (Lipinski definition) is 4. The molecule has 5 heteroatoms. The van der Waals surface area contributed by atoms with Gasteiger partial charge in [0.05, 0.1) is 24.4 Å². The lowest BCUT2D eigenvalue weighted by Gasteiger charge is -2.29. The summed E-state index contributed by atoms with van der Waals surface area (Å²) in [5.41, 5.74) is -0.00321. The third-order valence-electron chi connectivity index (χ3n) is 3.72. The molecule has 0 aliphatic carbocycles. The number of aliphatic hydroxyl groups is 1. The minimum Gasteiger partial charge on any atom is -0.495 e. The molecule has 0 radical (unpaired) electrons. The minimum absolute atomic E-state index is 0.0613. The first kappa shape index (κ1) is 15.8. The van der Waals surface area contributed by atoms with Gasteiger partial charge in [0.2, 0.25) is 5.91 Å². The topological polar surface area (TPSA) is 53.0 Å². The number of amides is 1. The Kier molecular flexibility index (Phi) is 4.54. The van der Waals surface area contributed by atoms with Gasteiger partial charge in [-0.25, -0.2) is 0 Å². The van der Waals surface area contributed by atoms with E-state index in [2.05, 4.69) is 0 Å². The fraction of sp³-hybridized carbons (Fsp3) is 0.562. The van der Waals surface area contributed by atoms with E-state index in [1.54, 1.807) is 25.9 Å². The van der Waals surface area contributed by atoms with Crippen molar-refractivity contribution in [1.29, 1.82) is 0 Å². The van der Waals surface area contributed by atoms with Gasteiger partial charge in [-0.3, -0.25) is 9.69 Å². The fourth-order valence-electron chi connectivity index (χ4n) is 2.89. The molecule has 1 unspecified atom stereocenters. The quantitative estimate of drug-likeness (QED) is 0.893. The number of anilines is 1. The number of benzene rings is 1. The van der Waals surface area contributed by atoms with Gasteiger partial charge >= 0.3 is 0 Å². The molecule has 0 bridgehead atoms. The largest absolute Gasteiger partial charge is 0.495 e. The molecule has 116 valence electrons. The molecule has 0 aromatic heterocycles. The first-order valence-electron chi connectivity index (χ1n) is 7.20. The van der Waals surface area contributed by atoms with Crippen LogP contribution >= 0.6 is 0 Å². The zero-order valence-electron chi connectivity index (χ0n) is 13.2. The highest BCUT2D eigenvalue weighted by atomic mass is 16.5. The van der Waals surface area contributed by atoms with Crippen LogP contribution in [-0.4, -0.2) is 54.8 Å². The highest BCUT2D eigenvalue weighted by molar-refractivity contribution is 6.00. The van der Waals surface area contributed by atoms with Crippen molar-refractivity contribution in [3.05, 3.63) is 24.3 Å². The van der Waals surface area contributed by atoms with Gasteiger partial charge in [0.1, 0.15) is 5.75 Å². The molecule has 1 aromatic carbocycles. The van der Waals surface area contributed by atoms with Crippen molar-refractivity contribution in [2.24, 2.45) is 0 Å². The average Bonchev–Trinajstić information content (AvgIpc) is 2.78. The molecule has 1 fully saturated rings. The molecule has 1 saturated heterocycles. The van der Waals surface area contributed by atoms with E-state index < -0.39 is 5.60 Å². The Bertz CT molecular complexity index is 510. The maximum absolute atomic E-state index is 12.6. The summed E-state index contributed by atoms with van der Waals surface area (Å²) in [5.74, 6) is 0.767. The van der Waals surface area contributed by atoms with Crippen LogP contribution in [0.2, 0.25) is 0 Å². The van der Waals surface area contributed by atoms with Crippen LogP contribution in [0.25, 0.3) is 0 Å². The SMILES string of the molecule is COc1ccccc1N1CCC(N(C)CC(C)(C)O)C1=O. The number of methoxy groups -OCH3 is 1. The Morgan fingerprint density at radius 1 is 1.43 bits per heavy atom. The zero-order chi connectivity index (χ0) is 15.6. The van der Waals surface area contributed by atoms with E-state index >= 15 is 0 Å². The molecule has 0 saturated carbocycles. The Labute approximate surface area is 126 Å². The van der Waals surface area contributed by atoms with Crippen LogP contribution < -0.4 is 9.64 Å². The molecule has 21 heavy (non-hydrogen) atoms. The summed E-state index contributed by atoms with van der Waals surface area (Å²) in [5, 5.41) is 9.91. The van der Waals surface area contributed by atoms with Crippen molar-refractivity contribution in [2.45, 2.75) is 31.9 Å². The van der Waals surface area contributed by atoms with Crippen molar-refractivity contribution in [3.8, 4) is 5.75 Å². The Morgan fingerprint density at radius 3 is 2.71 bits per heavy atom. The van der Waals surface area contributed by atoms with Gasteiger partial charge in [-0.15, -0.1) is 0 Å². The van der Waals surface area contributed by atoms with E-state index in [1.807, 2.05) is 36.2 Å². The van der Waals surface area contributed by atoms with Crippen LogP contribution in [0.4, 0.5) is 5.69 Å². The second-order valence-electron chi connectivity index (χ2n) is 6.19. The minimum atomic E-state index is -0.813. The molecule has 1 atom stereocenters. The molecule has 0 spiro atoms. The summed E-state index contributed by atoms with van der Waals surface area (Å²) >= 11 is 0. The van der Waals surface area contributed by atoms with Crippen LogP contribution in [0, 0.1) is 0 Å². The van der Waals surface area contributed by atoms with Crippen LogP contribution in [0.1, 0.15) is 20.3 Å². The van der Waals surface area contributed by atoms with Crippen LogP contribution in [-0.2, 0) is 4.79 Å². The molecule has 1 N–H and O–H groups in total. The van der Waals surface area contributed by atoms with Gasteiger partial charge in [0.25, 0.3) is 0 Å². The maximum atomic E-state index is 12.6. The van der Waals surface area contributed by atoms with Crippen LogP contribution in [0.15, 0.2) is 24.3 Å². The molecular weight excluding hydrogens is 268 g/mol. The second kappa shape index (κ2) is 6.03. The highest BCUT2D eigenvalue weighted by Gasteiger charge is 2.37. The first-order valence-corrected chi connectivity index (χ1v) is 7.20. The van der Waals surface area contributed by atoms with Gasteiger partial charge in [-0.1, -0.05) is 12.1 Å². The van der Waals surface area contributed by atoms with Crippen molar-refractivity contribution in [3.63, 3.8) is 0 Å². The number of nitrogens with zero attached hydrogens (tertiary/aromatic N) is 2. The maximum Gasteiger partial charge on any atom is 0.244 e. The van der Waals surface area contributed by atoms with E-state index in [0.29, 0.717) is 18.8 Å². The van der Waals surface area contributed by atoms with E-state index in [1.165, 1.54) is 0 Å². The summed E-state index contributed by atoms with van der Waals surface area (Å²) in [6.45, 7) is 4.63. The zero-order valence-corrected chi connectivity index (χ0v) is 13.2. The molecule has 1 aliphatic heterocycles. The lowest BCUT2D eigenvalue weighted by molar-refractivity contribution is -0.122. The van der Waals surface area contributed by atoms with Crippen molar-refractivity contribution in [1.82, 2.24) is 4.90 Å². The number of carbonyl (C=O) groups excluding carboxylic acids is 1. The smallest absolute Gasteiger partial charge is 0.244 e. The van der Waals surface area contributed by atoms with Gasteiger partial charge in [-0.2, -0.15) is 0 Å². The highest BCUT2D eigenvalue weighted by Crippen LogP contribution is 2.32. The predicted octanol–water partition coefficient (Wildman–Crippen LogP) is 1.50. The number of hydrogen-bond donors (Lipinski definition) is 1. The lowest BCUT2D eigenvalue weighted by Crippen LogP contribution is -2.45. The number of likely N-dealkylation sites (N-methyl/N-ethyl adjacent to an activating group) is 1. The van der Waals surface area contributed by atoms with Gasteiger partial charge < -0.3 is 14.7 Å². The van der Waals surface area contributed by atoms with Crippen molar-refractivity contribution < 1.29 is 14.6 Å². The molecule has 1 aromatic rings. The number of ether oxygens (including phenoxy) is 1. The summed E-state index contributed by atoms with van der Waals surface area (Å²) in [7, 11) is 3.49. The summed E-state index contributed by atoms with van der Waals surface area (Å²) in [6.07, 6.45) is 0.753. The third-order valence-corrected chi connectivity index (χ3v) is 3.72. The number of para-hydroxylation sites is 2. The molecule has 2 rings (SSSR count). The van der Waals surface area contributed by atoms with Crippen LogP contribution in [0.5, 0.6) is 5.75 Å². The molecule has 1 aliphatic rings. The van der Waals surface area contributed by atoms with Crippen LogP contribution in [0.3, 0.4) is 0 Å². The first-order chi connectivity index (χ1) is 9.83. The predicted molar refractivity (Wildman–Crippen MR) is 82.7 cm³/mol. The summed E-state index contributed by atoms with van der Waals surface area (Å²) in [6, 6.07) is 7.35. The Morgan fingerprint density at radius 2 is 2.10 bits per heavy atom. The average molecular weight is 292 g/mol. The summed E-state index contributed by atoms with van der Waals surface area (Å²) in [4.78, 5) is 16.3. The molecule has 1 amide bonds. The van der Waals surface area contributed by atoms with Gasteiger partial charge in [0.15, 0.2) is 0 Å². The third kappa shape index (κ3) is 3.54. The Hall–Kier alpha value is -1.59. The molecule has 5 nitrogen and oxygen atoms in total. The lowest BCUT2D eigenvalue weighted by atomic mass is 10.1. The summed E-state index contributed by atoms with van der Waals surface area (Å²) < 4.78 is 5.33. The van der Waals surface area contributed by atoms with E-state index in [0.717, 1.165) is 12.1 Å². The van der Waals surface area contributed by atoms with Crippen molar-refractivity contribution >= 4 is 11.6 Å². The van der Waals surface area contributed by atoms with Gasteiger partial charge in [0, 0.05) is 13.1 Å².